The summed E-state index contributed by atoms with van der Waals surface area (Å²) in [6, 6.07) is 12.3. The van der Waals surface area contributed by atoms with Gasteiger partial charge in [-0.2, -0.15) is 0 Å². The molecule has 1 aromatic heterocycles. The lowest BCUT2D eigenvalue weighted by molar-refractivity contribution is -0.148. The van der Waals surface area contributed by atoms with Crippen molar-refractivity contribution in [2.75, 3.05) is 19.0 Å². The van der Waals surface area contributed by atoms with E-state index in [-0.39, 0.29) is 23.5 Å². The molecule has 4 rings (SSSR count). The zero-order chi connectivity index (χ0) is 23.2. The van der Waals surface area contributed by atoms with Crippen molar-refractivity contribution in [1.82, 2.24) is 15.5 Å². The number of hydrogen-bond acceptors (Lipinski definition) is 10. The summed E-state index contributed by atoms with van der Waals surface area (Å²) in [7, 11) is 0. The predicted molar refractivity (Wildman–Crippen MR) is 111 cm³/mol. The molecule has 0 spiro atoms. The van der Waals surface area contributed by atoms with Crippen LogP contribution in [-0.2, 0) is 19.1 Å². The number of rotatable bonds is 7. The quantitative estimate of drug-likeness (QED) is 0.402. The molecule has 2 amide bonds. The largest absolute Gasteiger partial charge is 0.485 e. The third kappa shape index (κ3) is 5.86. The van der Waals surface area contributed by atoms with Crippen LogP contribution >= 0.6 is 11.8 Å². The van der Waals surface area contributed by atoms with Crippen LogP contribution in [0.3, 0.4) is 0 Å². The maximum absolute atomic E-state index is 13.0. The number of amides is 2. The topological polar surface area (TPSA) is 130 Å². The van der Waals surface area contributed by atoms with E-state index in [0.717, 1.165) is 11.8 Å². The minimum Gasteiger partial charge on any atom is -0.485 e. The third-order valence-electron chi connectivity index (χ3n) is 4.24. The highest BCUT2D eigenvalue weighted by molar-refractivity contribution is 7.99. The van der Waals surface area contributed by atoms with Crippen LogP contribution in [0, 0.1) is 5.82 Å². The van der Waals surface area contributed by atoms with Gasteiger partial charge in [0.25, 0.3) is 17.0 Å². The molecule has 1 atom stereocenters. The van der Waals surface area contributed by atoms with Gasteiger partial charge in [-0.3, -0.25) is 19.7 Å². The first-order chi connectivity index (χ1) is 16.0. The number of aromatic nitrogens is 2. The number of fused-ring (bicyclic) bond motifs is 1. The van der Waals surface area contributed by atoms with Crippen molar-refractivity contribution in [1.29, 1.82) is 0 Å². The lowest BCUT2D eigenvalue weighted by Crippen LogP contribution is -2.47. The summed E-state index contributed by atoms with van der Waals surface area (Å²) in [5, 5.41) is 9.81. The molecule has 2 heterocycles. The van der Waals surface area contributed by atoms with Crippen LogP contribution in [0.15, 0.2) is 58.2 Å². The molecule has 1 N–H and O–H groups in total. The van der Waals surface area contributed by atoms with Crippen LogP contribution in [-0.4, -0.2) is 53.1 Å². The molecule has 2 aromatic carbocycles. The molecule has 0 aliphatic carbocycles. The second kappa shape index (κ2) is 10.1. The van der Waals surface area contributed by atoms with E-state index < -0.39 is 36.3 Å². The van der Waals surface area contributed by atoms with Gasteiger partial charge in [0.05, 0.1) is 0 Å². The molecular formula is C21H16FN3O7S. The van der Waals surface area contributed by atoms with Gasteiger partial charge < -0.3 is 18.6 Å². The molecule has 3 aromatic rings. The van der Waals surface area contributed by atoms with E-state index in [0.29, 0.717) is 17.1 Å². The molecule has 170 valence electrons. The monoisotopic (exact) mass is 473 g/mol. The zero-order valence-electron chi connectivity index (χ0n) is 16.9. The first-order valence-electron chi connectivity index (χ1n) is 9.58. The second-order valence-electron chi connectivity index (χ2n) is 6.61. The van der Waals surface area contributed by atoms with Crippen molar-refractivity contribution >= 4 is 29.5 Å². The standard InChI is InChI=1S/C21H16FN3O7S/c22-13-7-5-12(6-8-13)20-24-25-21(32-20)33-11-18(27)30-10-17(26)23-19(28)16-9-29-14-3-1-2-4-15(14)31-16/h1-8,16H,9-11H2,(H,23,26,28). The lowest BCUT2D eigenvalue weighted by atomic mass is 10.2. The number of nitrogens with zero attached hydrogens (tertiary/aromatic N) is 2. The summed E-state index contributed by atoms with van der Waals surface area (Å²) in [5.74, 6) is -1.78. The van der Waals surface area contributed by atoms with Gasteiger partial charge in [-0.05, 0) is 36.4 Å². The molecule has 1 aliphatic heterocycles. The number of thioether (sulfide) groups is 1. The highest BCUT2D eigenvalue weighted by Crippen LogP contribution is 2.30. The number of halogens is 1. The van der Waals surface area contributed by atoms with Gasteiger partial charge in [0, 0.05) is 5.56 Å². The Bertz CT molecular complexity index is 1170. The van der Waals surface area contributed by atoms with Gasteiger partial charge in [0.1, 0.15) is 18.2 Å². The maximum Gasteiger partial charge on any atom is 0.316 e. The minimum absolute atomic E-state index is 0.0589. The Balaban J connectivity index is 1.18. The third-order valence-corrected chi connectivity index (χ3v) is 5.03. The van der Waals surface area contributed by atoms with E-state index in [9.17, 15) is 18.8 Å². The fourth-order valence-corrected chi connectivity index (χ4v) is 3.25. The van der Waals surface area contributed by atoms with Crippen molar-refractivity contribution in [2.45, 2.75) is 11.3 Å². The highest BCUT2D eigenvalue weighted by Gasteiger charge is 2.28. The van der Waals surface area contributed by atoms with Crippen LogP contribution < -0.4 is 14.8 Å². The van der Waals surface area contributed by atoms with Gasteiger partial charge in [0.15, 0.2) is 18.1 Å². The van der Waals surface area contributed by atoms with Crippen LogP contribution in [0.5, 0.6) is 11.5 Å². The Hall–Kier alpha value is -3.93. The summed E-state index contributed by atoms with van der Waals surface area (Å²) in [6.07, 6.45) is -1.01. The minimum atomic E-state index is -1.01. The fraction of sp³-hybridized carbons (Fsp3) is 0.190. The number of hydrogen-bond donors (Lipinski definition) is 1. The Labute approximate surface area is 190 Å². The number of carbonyl (C=O) groups is 3. The molecule has 1 unspecified atom stereocenters. The second-order valence-corrected chi connectivity index (χ2v) is 7.53. The van der Waals surface area contributed by atoms with E-state index in [4.69, 9.17) is 18.6 Å². The van der Waals surface area contributed by atoms with E-state index in [2.05, 4.69) is 15.5 Å². The number of para-hydroxylation sites is 2. The van der Waals surface area contributed by atoms with Crippen molar-refractivity contribution in [3.05, 3.63) is 54.3 Å². The van der Waals surface area contributed by atoms with Crippen LogP contribution in [0.2, 0.25) is 0 Å². The van der Waals surface area contributed by atoms with Crippen molar-refractivity contribution in [2.24, 2.45) is 0 Å². The highest BCUT2D eigenvalue weighted by atomic mass is 32.2. The van der Waals surface area contributed by atoms with Gasteiger partial charge in [0.2, 0.25) is 12.0 Å². The number of ether oxygens (including phenoxy) is 3. The molecule has 1 aliphatic rings. The van der Waals surface area contributed by atoms with Gasteiger partial charge in [-0.1, -0.05) is 23.9 Å². The first-order valence-corrected chi connectivity index (χ1v) is 10.6. The summed E-state index contributed by atoms with van der Waals surface area (Å²) >= 11 is 0.905. The predicted octanol–water partition coefficient (Wildman–Crippen LogP) is 1.99. The summed E-state index contributed by atoms with van der Waals surface area (Å²) in [5.41, 5.74) is 0.524. The SMILES string of the molecule is O=C(COC(=O)CSc1nnc(-c2ccc(F)cc2)o1)NC(=O)C1COc2ccccc2O1. The number of esters is 1. The molecule has 0 saturated carbocycles. The van der Waals surface area contributed by atoms with E-state index in [1.165, 1.54) is 24.3 Å². The van der Waals surface area contributed by atoms with Crippen LogP contribution in [0.4, 0.5) is 4.39 Å². The zero-order valence-corrected chi connectivity index (χ0v) is 17.7. The average molecular weight is 473 g/mol. The van der Waals surface area contributed by atoms with Crippen LogP contribution in [0.25, 0.3) is 11.5 Å². The van der Waals surface area contributed by atoms with E-state index in [1.54, 1.807) is 24.3 Å². The maximum atomic E-state index is 13.0. The molecule has 10 nitrogen and oxygen atoms in total. The average Bonchev–Trinajstić information content (AvgIpc) is 3.30. The summed E-state index contributed by atoms with van der Waals surface area (Å²) in [6.45, 7) is -0.712. The molecule has 33 heavy (non-hydrogen) atoms. The Morgan fingerprint density at radius 2 is 1.85 bits per heavy atom. The number of nitrogens with one attached hydrogen (secondary N) is 1. The molecule has 12 heteroatoms. The first kappa shape index (κ1) is 22.3. The van der Waals surface area contributed by atoms with Crippen molar-refractivity contribution < 1.29 is 37.4 Å². The number of benzene rings is 2. The molecule has 0 radical (unpaired) electrons. The summed E-state index contributed by atoms with van der Waals surface area (Å²) in [4.78, 5) is 36.0. The van der Waals surface area contributed by atoms with Gasteiger partial charge in [-0.15, -0.1) is 10.2 Å². The smallest absolute Gasteiger partial charge is 0.316 e. The Kier molecular flexibility index (Phi) is 6.83. The number of carbonyl (C=O) groups excluding carboxylic acids is 3. The number of imide groups is 1. The molecule has 0 bridgehead atoms. The summed E-state index contributed by atoms with van der Waals surface area (Å²) < 4.78 is 34.2. The normalized spacial score (nSPS) is 14.4. The fourth-order valence-electron chi connectivity index (χ4n) is 2.69. The molecule has 0 saturated heterocycles. The van der Waals surface area contributed by atoms with Gasteiger partial charge >= 0.3 is 5.97 Å². The Morgan fingerprint density at radius 1 is 1.09 bits per heavy atom. The van der Waals surface area contributed by atoms with Crippen molar-refractivity contribution in [3.8, 4) is 23.0 Å². The van der Waals surface area contributed by atoms with E-state index in [1.807, 2.05) is 0 Å². The van der Waals surface area contributed by atoms with Crippen LogP contribution in [0.1, 0.15) is 0 Å². The van der Waals surface area contributed by atoms with E-state index >= 15 is 0 Å². The molecular weight excluding hydrogens is 457 g/mol. The van der Waals surface area contributed by atoms with Crippen molar-refractivity contribution in [3.63, 3.8) is 0 Å². The Morgan fingerprint density at radius 3 is 2.64 bits per heavy atom. The molecule has 0 fully saturated rings. The lowest BCUT2D eigenvalue weighted by Gasteiger charge is -2.25. The van der Waals surface area contributed by atoms with Gasteiger partial charge in [-0.25, -0.2) is 4.39 Å².